The Labute approximate surface area is 123 Å². The maximum absolute atomic E-state index is 14.3. The number of hydrogen-bond acceptors (Lipinski definition) is 4. The summed E-state index contributed by atoms with van der Waals surface area (Å²) in [6.45, 7) is 7.38. The van der Waals surface area contributed by atoms with E-state index < -0.39 is 47.4 Å². The van der Waals surface area contributed by atoms with Crippen LogP contribution in [-0.4, -0.2) is 37.3 Å². The van der Waals surface area contributed by atoms with Crippen LogP contribution >= 0.6 is 0 Å². The van der Waals surface area contributed by atoms with Gasteiger partial charge in [-0.05, 0) is 40.5 Å². The van der Waals surface area contributed by atoms with Gasteiger partial charge in [-0.2, -0.15) is 0 Å². The number of methoxy groups -OCH3 is 1. The first-order valence-electron chi connectivity index (χ1n) is 7.30. The fourth-order valence-corrected chi connectivity index (χ4v) is 3.68. The molecule has 0 N–H and O–H groups in total. The summed E-state index contributed by atoms with van der Waals surface area (Å²) in [7, 11) is 0.368. The molecule has 1 saturated heterocycles. The van der Waals surface area contributed by atoms with Crippen LogP contribution in [-0.2, 0) is 18.8 Å². The van der Waals surface area contributed by atoms with Gasteiger partial charge in [0.1, 0.15) is 0 Å². The lowest BCUT2D eigenvalue weighted by atomic mass is 9.64. The van der Waals surface area contributed by atoms with E-state index in [1.165, 1.54) is 7.11 Å². The molecular weight excluding hydrogens is 281 g/mol. The first-order chi connectivity index (χ1) is 9.48. The van der Waals surface area contributed by atoms with E-state index in [2.05, 4.69) is 4.74 Å². The van der Waals surface area contributed by atoms with Crippen molar-refractivity contribution in [3.8, 4) is 0 Å². The lowest BCUT2D eigenvalue weighted by molar-refractivity contribution is -0.153. The highest BCUT2D eigenvalue weighted by molar-refractivity contribution is 6.50. The van der Waals surface area contributed by atoms with E-state index in [4.69, 9.17) is 9.31 Å². The number of esters is 1. The highest BCUT2D eigenvalue weighted by Crippen LogP contribution is 2.82. The summed E-state index contributed by atoms with van der Waals surface area (Å²) in [6, 6.07) is 0. The number of ether oxygens (including phenoxy) is 1. The van der Waals surface area contributed by atoms with Crippen LogP contribution in [0.2, 0.25) is 5.82 Å². The molecule has 3 rings (SSSR count). The summed E-state index contributed by atoms with van der Waals surface area (Å²) in [6.07, 6.45) is 0.308. The molecular formula is C14H21BF2O4. The van der Waals surface area contributed by atoms with E-state index in [1.54, 1.807) is 0 Å². The van der Waals surface area contributed by atoms with Crippen molar-refractivity contribution in [3.63, 3.8) is 0 Å². The predicted octanol–water partition coefficient (Wildman–Crippen LogP) is 2.67. The standard InChI is InChI=1S/C14H21BF2O4/c1-11(2)12(3,4)21-15(20-11)10-13(14(10,16)17)6-8(7-13)9(18)19-5/h8,10H,6-7H2,1-5H3. The van der Waals surface area contributed by atoms with Crippen molar-refractivity contribution < 1.29 is 27.6 Å². The number of carbonyl (C=O) groups excluding carboxylic acids is 1. The van der Waals surface area contributed by atoms with E-state index in [0.29, 0.717) is 0 Å². The van der Waals surface area contributed by atoms with Crippen LogP contribution in [0, 0.1) is 11.3 Å². The molecule has 1 aliphatic heterocycles. The summed E-state index contributed by atoms with van der Waals surface area (Å²) < 4.78 is 44.7. The number of rotatable bonds is 2. The van der Waals surface area contributed by atoms with Crippen molar-refractivity contribution in [2.24, 2.45) is 11.3 Å². The Morgan fingerprint density at radius 2 is 1.62 bits per heavy atom. The molecule has 3 fully saturated rings. The minimum absolute atomic E-state index is 0.154. The van der Waals surface area contributed by atoms with Gasteiger partial charge in [-0.1, -0.05) is 0 Å². The maximum atomic E-state index is 14.3. The fourth-order valence-electron chi connectivity index (χ4n) is 3.68. The van der Waals surface area contributed by atoms with Crippen LogP contribution in [0.15, 0.2) is 0 Å². The zero-order valence-electron chi connectivity index (χ0n) is 13.0. The minimum Gasteiger partial charge on any atom is -0.469 e. The molecule has 1 unspecified atom stereocenters. The monoisotopic (exact) mass is 302 g/mol. The molecule has 2 aliphatic carbocycles. The lowest BCUT2D eigenvalue weighted by Gasteiger charge is -2.34. The molecule has 2 saturated carbocycles. The van der Waals surface area contributed by atoms with Gasteiger partial charge in [0.25, 0.3) is 5.92 Å². The Morgan fingerprint density at radius 3 is 2.05 bits per heavy atom. The van der Waals surface area contributed by atoms with E-state index in [0.717, 1.165) is 0 Å². The second-order valence-electron chi connectivity index (χ2n) is 7.51. The Morgan fingerprint density at radius 1 is 1.14 bits per heavy atom. The number of carbonyl (C=O) groups is 1. The summed E-state index contributed by atoms with van der Waals surface area (Å²) in [4.78, 5) is 11.4. The third-order valence-corrected chi connectivity index (χ3v) is 5.87. The van der Waals surface area contributed by atoms with Gasteiger partial charge in [-0.15, -0.1) is 0 Å². The number of alkyl halides is 2. The molecule has 4 nitrogen and oxygen atoms in total. The number of hydrogen-bond donors (Lipinski definition) is 0. The number of halogens is 2. The molecule has 0 aromatic heterocycles. The van der Waals surface area contributed by atoms with E-state index >= 15 is 0 Å². The minimum atomic E-state index is -2.83. The van der Waals surface area contributed by atoms with Gasteiger partial charge < -0.3 is 14.0 Å². The molecule has 1 heterocycles. The zero-order chi connectivity index (χ0) is 15.8. The molecule has 1 spiro atoms. The summed E-state index contributed by atoms with van der Waals surface area (Å²) in [5.74, 6) is -4.63. The average Bonchev–Trinajstić information content (AvgIpc) is 2.72. The fraction of sp³-hybridized carbons (Fsp3) is 0.929. The highest BCUT2D eigenvalue weighted by atomic mass is 19.3. The first kappa shape index (κ1) is 15.2. The molecule has 3 aliphatic rings. The van der Waals surface area contributed by atoms with Crippen LogP contribution in [0.5, 0.6) is 0 Å². The van der Waals surface area contributed by atoms with Crippen molar-refractivity contribution in [1.82, 2.24) is 0 Å². The van der Waals surface area contributed by atoms with Crippen molar-refractivity contribution >= 4 is 13.1 Å². The van der Waals surface area contributed by atoms with Crippen LogP contribution in [0.3, 0.4) is 0 Å². The molecule has 118 valence electrons. The first-order valence-corrected chi connectivity index (χ1v) is 7.30. The van der Waals surface area contributed by atoms with Gasteiger partial charge in [0.2, 0.25) is 0 Å². The summed E-state index contributed by atoms with van der Waals surface area (Å²) >= 11 is 0. The molecule has 7 heteroatoms. The van der Waals surface area contributed by atoms with Crippen molar-refractivity contribution in [2.75, 3.05) is 7.11 Å². The third kappa shape index (κ3) is 1.76. The zero-order valence-corrected chi connectivity index (χ0v) is 13.0. The molecule has 0 radical (unpaired) electrons. The quantitative estimate of drug-likeness (QED) is 0.581. The Bertz CT molecular complexity index is 469. The normalized spacial score (nSPS) is 41.8. The van der Waals surface area contributed by atoms with E-state index in [-0.39, 0.29) is 12.8 Å². The Balaban J connectivity index is 1.73. The molecule has 21 heavy (non-hydrogen) atoms. The predicted molar refractivity (Wildman–Crippen MR) is 72.0 cm³/mol. The van der Waals surface area contributed by atoms with Crippen molar-refractivity contribution in [1.29, 1.82) is 0 Å². The van der Waals surface area contributed by atoms with Crippen molar-refractivity contribution in [3.05, 3.63) is 0 Å². The Hall–Kier alpha value is -0.685. The molecule has 0 bridgehead atoms. The van der Waals surface area contributed by atoms with Crippen LogP contribution in [0.4, 0.5) is 8.78 Å². The molecule has 0 aromatic rings. The average molecular weight is 302 g/mol. The van der Waals surface area contributed by atoms with Crippen LogP contribution < -0.4 is 0 Å². The van der Waals surface area contributed by atoms with E-state index in [9.17, 15) is 13.6 Å². The van der Waals surface area contributed by atoms with Gasteiger partial charge >= 0.3 is 13.1 Å². The molecule has 0 amide bonds. The highest BCUT2D eigenvalue weighted by Gasteiger charge is 2.89. The van der Waals surface area contributed by atoms with Crippen molar-refractivity contribution in [2.45, 2.75) is 63.5 Å². The lowest BCUT2D eigenvalue weighted by Crippen LogP contribution is -2.41. The van der Waals surface area contributed by atoms with Gasteiger partial charge in [0.15, 0.2) is 0 Å². The Kier molecular flexibility index (Phi) is 2.89. The third-order valence-electron chi connectivity index (χ3n) is 5.87. The molecule has 0 aromatic carbocycles. The van der Waals surface area contributed by atoms with E-state index in [1.807, 2.05) is 27.7 Å². The second kappa shape index (κ2) is 3.99. The SMILES string of the molecule is COC(=O)C1CC2(C1)C(B1OC(C)(C)C(C)(C)O1)C2(F)F. The summed E-state index contributed by atoms with van der Waals surface area (Å²) in [5.41, 5.74) is -2.39. The summed E-state index contributed by atoms with van der Waals surface area (Å²) in [5, 5.41) is 0. The van der Waals surface area contributed by atoms with Gasteiger partial charge in [0, 0.05) is 5.41 Å². The van der Waals surface area contributed by atoms with Crippen LogP contribution in [0.1, 0.15) is 40.5 Å². The largest absolute Gasteiger partial charge is 0.469 e. The second-order valence-corrected chi connectivity index (χ2v) is 7.51. The maximum Gasteiger partial charge on any atom is 0.468 e. The van der Waals surface area contributed by atoms with Crippen LogP contribution in [0.25, 0.3) is 0 Å². The van der Waals surface area contributed by atoms with Gasteiger partial charge in [0.05, 0.1) is 30.0 Å². The van der Waals surface area contributed by atoms with Gasteiger partial charge in [-0.25, -0.2) is 8.78 Å². The topological polar surface area (TPSA) is 44.8 Å². The smallest absolute Gasteiger partial charge is 0.468 e. The molecule has 1 atom stereocenters. The van der Waals surface area contributed by atoms with Gasteiger partial charge in [-0.3, -0.25) is 4.79 Å².